The van der Waals surface area contributed by atoms with E-state index in [2.05, 4.69) is 22.1 Å². The molecule has 0 saturated carbocycles. The summed E-state index contributed by atoms with van der Waals surface area (Å²) in [5.41, 5.74) is -0.106. The summed E-state index contributed by atoms with van der Waals surface area (Å²) in [7, 11) is 0. The summed E-state index contributed by atoms with van der Waals surface area (Å²) in [5, 5.41) is 11.7. The Labute approximate surface area is 137 Å². The molecule has 2 atom stereocenters. The lowest BCUT2D eigenvalue weighted by Gasteiger charge is -2.20. The minimum Gasteiger partial charge on any atom is -0.485 e. The molecule has 0 aliphatic heterocycles. The molecule has 0 aliphatic carbocycles. The lowest BCUT2D eigenvalue weighted by atomic mass is 10.2. The fourth-order valence-corrected chi connectivity index (χ4v) is 1.53. The minimum absolute atomic E-state index is 0.0988. The van der Waals surface area contributed by atoms with Crippen LogP contribution < -0.4 is 10.1 Å². The zero-order chi connectivity index (χ0) is 17.5. The Morgan fingerprint density at radius 1 is 1.43 bits per heavy atom. The largest absolute Gasteiger partial charge is 0.485 e. The second kappa shape index (κ2) is 8.39. The lowest BCUT2D eigenvalue weighted by Crippen LogP contribution is -2.37. The maximum absolute atomic E-state index is 11.7. The molecule has 0 aromatic carbocycles. The van der Waals surface area contributed by atoms with Gasteiger partial charge in [0.25, 0.3) is 0 Å². The van der Waals surface area contributed by atoms with Gasteiger partial charge in [-0.15, -0.1) is 0 Å². The van der Waals surface area contributed by atoms with E-state index in [1.54, 1.807) is 52.9 Å². The van der Waals surface area contributed by atoms with Gasteiger partial charge in [0.05, 0.1) is 12.6 Å². The standard InChI is InChI=1S/C17H24N2O4/c1-12(19-16(21)23-17(3,4)5)8-9-14-15(7-6-10-18-14)22-13(2)11-20/h6-7,10,12-13,20H,11H2,1-5H3,(H,19,21)/t12-,13+/m0/s1. The second-order valence-corrected chi connectivity index (χ2v) is 6.10. The van der Waals surface area contributed by atoms with Crippen LogP contribution >= 0.6 is 0 Å². The molecule has 1 rings (SSSR count). The molecular formula is C17H24N2O4. The van der Waals surface area contributed by atoms with Gasteiger partial charge in [-0.3, -0.25) is 0 Å². The first-order valence-electron chi connectivity index (χ1n) is 7.45. The summed E-state index contributed by atoms with van der Waals surface area (Å²) in [6.07, 6.45) is 0.731. The van der Waals surface area contributed by atoms with Crippen LogP contribution in [0.5, 0.6) is 5.75 Å². The Hall–Kier alpha value is -2.26. The van der Waals surface area contributed by atoms with Gasteiger partial charge in [-0.05, 0) is 52.7 Å². The first-order valence-corrected chi connectivity index (χ1v) is 7.45. The number of rotatable bonds is 4. The third-order valence-electron chi connectivity index (χ3n) is 2.50. The normalized spacial score (nSPS) is 13.3. The van der Waals surface area contributed by atoms with E-state index < -0.39 is 17.7 Å². The Balaban J connectivity index is 2.73. The van der Waals surface area contributed by atoms with Gasteiger partial charge >= 0.3 is 6.09 Å². The van der Waals surface area contributed by atoms with Crippen LogP contribution in [0.2, 0.25) is 0 Å². The number of aliphatic hydroxyl groups excluding tert-OH is 1. The first-order chi connectivity index (χ1) is 10.7. The number of pyridine rings is 1. The van der Waals surface area contributed by atoms with Crippen LogP contribution in [0.3, 0.4) is 0 Å². The van der Waals surface area contributed by atoms with E-state index in [1.165, 1.54) is 0 Å². The average molecular weight is 320 g/mol. The molecule has 6 heteroatoms. The van der Waals surface area contributed by atoms with E-state index in [0.29, 0.717) is 11.4 Å². The maximum atomic E-state index is 11.7. The summed E-state index contributed by atoms with van der Waals surface area (Å²) in [5.74, 6) is 6.24. The van der Waals surface area contributed by atoms with Crippen molar-refractivity contribution in [2.75, 3.05) is 6.61 Å². The van der Waals surface area contributed by atoms with Gasteiger partial charge in [-0.2, -0.15) is 0 Å². The van der Waals surface area contributed by atoms with Crippen molar-refractivity contribution in [3.63, 3.8) is 0 Å². The number of carbonyl (C=O) groups excluding carboxylic acids is 1. The van der Waals surface area contributed by atoms with Crippen LogP contribution in [0.1, 0.15) is 40.3 Å². The number of hydrogen-bond donors (Lipinski definition) is 2. The molecule has 1 heterocycles. The van der Waals surface area contributed by atoms with Crippen molar-refractivity contribution in [1.82, 2.24) is 10.3 Å². The first kappa shape index (κ1) is 18.8. The number of alkyl carbamates (subject to hydrolysis) is 1. The van der Waals surface area contributed by atoms with Gasteiger partial charge in [0.1, 0.15) is 11.7 Å². The molecule has 1 aromatic heterocycles. The van der Waals surface area contributed by atoms with Gasteiger partial charge < -0.3 is 19.9 Å². The highest BCUT2D eigenvalue weighted by atomic mass is 16.6. The molecule has 1 amide bonds. The molecular weight excluding hydrogens is 296 g/mol. The summed E-state index contributed by atoms with van der Waals surface area (Å²) in [6.45, 7) is 8.78. The van der Waals surface area contributed by atoms with Crippen molar-refractivity contribution in [3.05, 3.63) is 24.0 Å². The Kier molecular flexibility index (Phi) is 6.86. The van der Waals surface area contributed by atoms with Crippen molar-refractivity contribution in [1.29, 1.82) is 0 Å². The van der Waals surface area contributed by atoms with Crippen LogP contribution in [0.25, 0.3) is 0 Å². The zero-order valence-corrected chi connectivity index (χ0v) is 14.2. The molecule has 126 valence electrons. The number of nitrogens with one attached hydrogen (secondary N) is 1. The number of ether oxygens (including phenoxy) is 2. The summed E-state index contributed by atoms with van der Waals surface area (Å²) >= 11 is 0. The molecule has 23 heavy (non-hydrogen) atoms. The van der Waals surface area contributed by atoms with Gasteiger partial charge in [0, 0.05) is 6.20 Å². The maximum Gasteiger partial charge on any atom is 0.408 e. The fourth-order valence-electron chi connectivity index (χ4n) is 1.53. The van der Waals surface area contributed by atoms with Crippen LogP contribution in [0, 0.1) is 11.8 Å². The lowest BCUT2D eigenvalue weighted by molar-refractivity contribution is 0.0519. The summed E-state index contributed by atoms with van der Waals surface area (Å²) < 4.78 is 10.7. The van der Waals surface area contributed by atoms with Crippen LogP contribution in [-0.4, -0.2) is 40.5 Å². The fraction of sp³-hybridized carbons (Fsp3) is 0.529. The number of aromatic nitrogens is 1. The highest BCUT2D eigenvalue weighted by molar-refractivity contribution is 5.68. The van der Waals surface area contributed by atoms with E-state index in [0.717, 1.165) is 0 Å². The molecule has 1 aromatic rings. The van der Waals surface area contributed by atoms with Gasteiger partial charge in [-0.25, -0.2) is 9.78 Å². The molecule has 0 unspecified atom stereocenters. The molecule has 0 fully saturated rings. The number of hydrogen-bond acceptors (Lipinski definition) is 5. The van der Waals surface area contributed by atoms with Crippen LogP contribution in [0.4, 0.5) is 4.79 Å². The number of carbonyl (C=O) groups is 1. The second-order valence-electron chi connectivity index (χ2n) is 6.10. The number of amides is 1. The third kappa shape index (κ3) is 7.52. The highest BCUT2D eigenvalue weighted by Gasteiger charge is 2.17. The van der Waals surface area contributed by atoms with E-state index in [-0.39, 0.29) is 12.7 Å². The van der Waals surface area contributed by atoms with E-state index in [4.69, 9.17) is 14.6 Å². The SMILES string of the molecule is C[C@H](CO)Oc1cccnc1C#C[C@H](C)NC(=O)OC(C)(C)C. The third-order valence-corrected chi connectivity index (χ3v) is 2.50. The van der Waals surface area contributed by atoms with Crippen molar-refractivity contribution in [2.45, 2.75) is 52.4 Å². The molecule has 0 spiro atoms. The van der Waals surface area contributed by atoms with Crippen molar-refractivity contribution in [2.24, 2.45) is 0 Å². The van der Waals surface area contributed by atoms with Crippen molar-refractivity contribution in [3.8, 4) is 17.6 Å². The average Bonchev–Trinajstić information content (AvgIpc) is 2.44. The molecule has 0 radical (unpaired) electrons. The smallest absolute Gasteiger partial charge is 0.408 e. The van der Waals surface area contributed by atoms with E-state index in [9.17, 15) is 4.79 Å². The van der Waals surface area contributed by atoms with Gasteiger partial charge in [-0.1, -0.05) is 5.92 Å². The predicted octanol–water partition coefficient (Wildman–Crippen LogP) is 2.11. The van der Waals surface area contributed by atoms with Gasteiger partial charge in [0.15, 0.2) is 11.4 Å². The summed E-state index contributed by atoms with van der Waals surface area (Å²) in [4.78, 5) is 15.8. The molecule has 2 N–H and O–H groups in total. The van der Waals surface area contributed by atoms with Crippen LogP contribution in [0.15, 0.2) is 18.3 Å². The molecule has 0 bridgehead atoms. The van der Waals surface area contributed by atoms with Crippen molar-refractivity contribution < 1.29 is 19.4 Å². The van der Waals surface area contributed by atoms with Crippen LogP contribution in [-0.2, 0) is 4.74 Å². The molecule has 0 aliphatic rings. The monoisotopic (exact) mass is 320 g/mol. The van der Waals surface area contributed by atoms with Gasteiger partial charge in [0.2, 0.25) is 0 Å². The van der Waals surface area contributed by atoms with E-state index >= 15 is 0 Å². The van der Waals surface area contributed by atoms with E-state index in [1.807, 2.05) is 0 Å². The number of nitrogens with zero attached hydrogens (tertiary/aromatic N) is 1. The molecule has 0 saturated heterocycles. The highest BCUT2D eigenvalue weighted by Crippen LogP contribution is 2.15. The minimum atomic E-state index is -0.556. The Bertz CT molecular complexity index is 584. The molecule has 6 nitrogen and oxygen atoms in total. The zero-order valence-electron chi connectivity index (χ0n) is 14.2. The van der Waals surface area contributed by atoms with Crippen molar-refractivity contribution >= 4 is 6.09 Å². The quantitative estimate of drug-likeness (QED) is 0.831. The summed E-state index contributed by atoms with van der Waals surface area (Å²) in [6, 6.07) is 3.05. The Morgan fingerprint density at radius 3 is 2.74 bits per heavy atom. The topological polar surface area (TPSA) is 80.7 Å². The number of aliphatic hydroxyl groups is 1. The predicted molar refractivity (Wildman–Crippen MR) is 87.1 cm³/mol. The Morgan fingerprint density at radius 2 is 2.13 bits per heavy atom.